The number of carbonyl (C=O) groups excluding carboxylic acids is 1. The van der Waals surface area contributed by atoms with E-state index in [2.05, 4.69) is 15.5 Å². The molecular weight excluding hydrogens is 375 g/mol. The maximum Gasteiger partial charge on any atom is 0.230 e. The van der Waals surface area contributed by atoms with Crippen molar-refractivity contribution in [3.63, 3.8) is 0 Å². The highest BCUT2D eigenvalue weighted by molar-refractivity contribution is 7.99. The summed E-state index contributed by atoms with van der Waals surface area (Å²) >= 11 is 1.36. The third kappa shape index (κ3) is 4.25. The molecule has 28 heavy (non-hydrogen) atoms. The Labute approximate surface area is 167 Å². The zero-order valence-electron chi connectivity index (χ0n) is 15.3. The van der Waals surface area contributed by atoms with Crippen molar-refractivity contribution in [1.82, 2.24) is 20.1 Å². The molecule has 1 heterocycles. The molecule has 1 N–H and O–H groups in total. The van der Waals surface area contributed by atoms with E-state index in [1.54, 1.807) is 12.1 Å². The van der Waals surface area contributed by atoms with E-state index in [4.69, 9.17) is 0 Å². The molecule has 5 nitrogen and oxygen atoms in total. The molecule has 0 spiro atoms. The van der Waals surface area contributed by atoms with Gasteiger partial charge in [0.2, 0.25) is 5.91 Å². The van der Waals surface area contributed by atoms with Gasteiger partial charge in [0.05, 0.1) is 5.75 Å². The highest BCUT2D eigenvalue weighted by Gasteiger charge is 2.20. The lowest BCUT2D eigenvalue weighted by molar-refractivity contribution is -0.119. The first-order valence-corrected chi connectivity index (χ1v) is 10.4. The molecule has 0 aliphatic heterocycles. The lowest BCUT2D eigenvalue weighted by Crippen LogP contribution is -2.33. The van der Waals surface area contributed by atoms with Crippen LogP contribution in [0.3, 0.4) is 0 Å². The molecule has 3 aromatic rings. The number of halogens is 1. The van der Waals surface area contributed by atoms with Crippen molar-refractivity contribution < 1.29 is 9.18 Å². The van der Waals surface area contributed by atoms with E-state index in [-0.39, 0.29) is 17.5 Å². The predicted molar refractivity (Wildman–Crippen MR) is 108 cm³/mol. The molecule has 1 fully saturated rings. The number of hydrogen-bond donors (Lipinski definition) is 1. The van der Waals surface area contributed by atoms with E-state index in [1.165, 1.54) is 36.7 Å². The predicted octanol–water partition coefficient (Wildman–Crippen LogP) is 4.22. The van der Waals surface area contributed by atoms with Crippen molar-refractivity contribution in [3.8, 4) is 17.1 Å². The van der Waals surface area contributed by atoms with Gasteiger partial charge in [0.25, 0.3) is 0 Å². The van der Waals surface area contributed by atoms with Crippen molar-refractivity contribution in [2.24, 2.45) is 0 Å². The van der Waals surface area contributed by atoms with E-state index in [1.807, 2.05) is 34.9 Å². The van der Waals surface area contributed by atoms with Crippen LogP contribution in [0.5, 0.6) is 0 Å². The topological polar surface area (TPSA) is 59.8 Å². The number of nitrogens with zero attached hydrogens (tertiary/aromatic N) is 3. The Bertz CT molecular complexity index is 937. The van der Waals surface area contributed by atoms with Crippen molar-refractivity contribution >= 4 is 17.7 Å². The van der Waals surface area contributed by atoms with Crippen LogP contribution in [0.15, 0.2) is 59.8 Å². The number of hydrogen-bond acceptors (Lipinski definition) is 4. The molecule has 4 rings (SSSR count). The molecule has 144 valence electrons. The van der Waals surface area contributed by atoms with Gasteiger partial charge in [-0.3, -0.25) is 9.36 Å². The first kappa shape index (κ1) is 18.7. The van der Waals surface area contributed by atoms with Crippen LogP contribution in [-0.2, 0) is 4.79 Å². The number of para-hydroxylation sites is 1. The third-order valence-corrected chi connectivity index (χ3v) is 5.73. The lowest BCUT2D eigenvalue weighted by atomic mass is 10.2. The minimum Gasteiger partial charge on any atom is -0.353 e. The highest BCUT2D eigenvalue weighted by Crippen LogP contribution is 2.28. The van der Waals surface area contributed by atoms with Crippen molar-refractivity contribution in [2.45, 2.75) is 36.9 Å². The van der Waals surface area contributed by atoms with Crippen LogP contribution >= 0.6 is 11.8 Å². The SMILES string of the molecule is O=C(CSc1nnc(-c2ccc(F)cc2)n1-c1ccccc1)NC1CCCC1. The van der Waals surface area contributed by atoms with Crippen molar-refractivity contribution in [2.75, 3.05) is 5.75 Å². The molecule has 1 amide bonds. The number of carbonyl (C=O) groups is 1. The van der Waals surface area contributed by atoms with E-state index in [0.29, 0.717) is 17.0 Å². The Balaban J connectivity index is 1.58. The molecule has 0 atom stereocenters. The Kier molecular flexibility index (Phi) is 5.71. The first-order valence-electron chi connectivity index (χ1n) is 9.39. The van der Waals surface area contributed by atoms with Crippen LogP contribution in [0.2, 0.25) is 0 Å². The fourth-order valence-corrected chi connectivity index (χ4v) is 4.19. The fourth-order valence-electron chi connectivity index (χ4n) is 3.43. The molecule has 0 saturated heterocycles. The lowest BCUT2D eigenvalue weighted by Gasteiger charge is -2.12. The number of amides is 1. The largest absolute Gasteiger partial charge is 0.353 e. The molecule has 7 heteroatoms. The number of benzene rings is 2. The second-order valence-electron chi connectivity index (χ2n) is 6.82. The van der Waals surface area contributed by atoms with Gasteiger partial charge in [-0.05, 0) is 49.2 Å². The van der Waals surface area contributed by atoms with Gasteiger partial charge in [-0.25, -0.2) is 4.39 Å². The van der Waals surface area contributed by atoms with Gasteiger partial charge in [-0.2, -0.15) is 0 Å². The summed E-state index contributed by atoms with van der Waals surface area (Å²) in [5, 5.41) is 12.3. The minimum atomic E-state index is -0.298. The van der Waals surface area contributed by atoms with Crippen LogP contribution in [0.4, 0.5) is 4.39 Å². The van der Waals surface area contributed by atoms with Crippen LogP contribution in [0.25, 0.3) is 17.1 Å². The normalized spacial score (nSPS) is 14.3. The van der Waals surface area contributed by atoms with Gasteiger partial charge < -0.3 is 5.32 Å². The fraction of sp³-hybridized carbons (Fsp3) is 0.286. The van der Waals surface area contributed by atoms with Crippen LogP contribution in [0.1, 0.15) is 25.7 Å². The van der Waals surface area contributed by atoms with E-state index in [0.717, 1.165) is 24.1 Å². The zero-order valence-corrected chi connectivity index (χ0v) is 16.2. The second-order valence-corrected chi connectivity index (χ2v) is 7.76. The molecule has 1 aliphatic carbocycles. The smallest absolute Gasteiger partial charge is 0.230 e. The summed E-state index contributed by atoms with van der Waals surface area (Å²) in [4.78, 5) is 12.3. The summed E-state index contributed by atoms with van der Waals surface area (Å²) in [6.45, 7) is 0. The Hall–Kier alpha value is -2.67. The average molecular weight is 396 g/mol. The van der Waals surface area contributed by atoms with Crippen LogP contribution < -0.4 is 5.32 Å². The minimum absolute atomic E-state index is 0.0165. The van der Waals surface area contributed by atoms with Gasteiger partial charge >= 0.3 is 0 Å². The van der Waals surface area contributed by atoms with Crippen molar-refractivity contribution in [1.29, 1.82) is 0 Å². The maximum absolute atomic E-state index is 13.3. The summed E-state index contributed by atoms with van der Waals surface area (Å²) in [5.41, 5.74) is 1.66. The molecular formula is C21H21FN4OS. The number of nitrogens with one attached hydrogen (secondary N) is 1. The quantitative estimate of drug-likeness (QED) is 0.634. The summed E-state index contributed by atoms with van der Waals surface area (Å²) in [7, 11) is 0. The maximum atomic E-state index is 13.3. The molecule has 0 unspecified atom stereocenters. The first-order chi connectivity index (χ1) is 13.7. The zero-order chi connectivity index (χ0) is 19.3. The molecule has 0 bridgehead atoms. The standard InChI is InChI=1S/C21H21FN4OS/c22-16-12-10-15(11-13-16)20-24-25-21(26(20)18-8-2-1-3-9-18)28-14-19(27)23-17-6-4-5-7-17/h1-3,8-13,17H,4-7,14H2,(H,23,27). The van der Waals surface area contributed by atoms with Gasteiger partial charge in [0.15, 0.2) is 11.0 Å². The van der Waals surface area contributed by atoms with Crippen LogP contribution in [-0.4, -0.2) is 32.5 Å². The van der Waals surface area contributed by atoms with Gasteiger partial charge in [0.1, 0.15) is 5.82 Å². The number of thioether (sulfide) groups is 1. The Morgan fingerprint density at radius 1 is 1.07 bits per heavy atom. The molecule has 1 saturated carbocycles. The Morgan fingerprint density at radius 2 is 1.79 bits per heavy atom. The van der Waals surface area contributed by atoms with Gasteiger partial charge in [0, 0.05) is 17.3 Å². The van der Waals surface area contributed by atoms with Crippen LogP contribution in [0, 0.1) is 5.82 Å². The third-order valence-electron chi connectivity index (χ3n) is 4.80. The molecule has 1 aliphatic rings. The summed E-state index contributed by atoms with van der Waals surface area (Å²) in [5.74, 6) is 0.616. The van der Waals surface area contributed by atoms with Gasteiger partial charge in [-0.1, -0.05) is 42.8 Å². The van der Waals surface area contributed by atoms with Gasteiger partial charge in [-0.15, -0.1) is 10.2 Å². The molecule has 2 aromatic carbocycles. The monoisotopic (exact) mass is 396 g/mol. The van der Waals surface area contributed by atoms with E-state index < -0.39 is 0 Å². The second kappa shape index (κ2) is 8.56. The highest BCUT2D eigenvalue weighted by atomic mass is 32.2. The van der Waals surface area contributed by atoms with E-state index >= 15 is 0 Å². The molecule has 0 radical (unpaired) electrons. The summed E-state index contributed by atoms with van der Waals surface area (Å²) in [6, 6.07) is 16.2. The summed E-state index contributed by atoms with van der Waals surface area (Å²) in [6.07, 6.45) is 4.49. The van der Waals surface area contributed by atoms with E-state index in [9.17, 15) is 9.18 Å². The van der Waals surface area contributed by atoms with Crippen molar-refractivity contribution in [3.05, 3.63) is 60.4 Å². The number of rotatable bonds is 6. The average Bonchev–Trinajstić information content (AvgIpc) is 3.37. The summed E-state index contributed by atoms with van der Waals surface area (Å²) < 4.78 is 15.2. The molecule has 1 aromatic heterocycles. The number of aromatic nitrogens is 3. The Morgan fingerprint density at radius 3 is 2.50 bits per heavy atom.